The van der Waals surface area contributed by atoms with Crippen molar-refractivity contribution in [2.45, 2.75) is 32.4 Å². The van der Waals surface area contributed by atoms with Crippen LogP contribution in [0, 0.1) is 0 Å². The highest BCUT2D eigenvalue weighted by atomic mass is 32.2. The molecule has 0 amide bonds. The Bertz CT molecular complexity index is 2220. The molecule has 7 rings (SSSR count). The van der Waals surface area contributed by atoms with Crippen LogP contribution in [-0.4, -0.2) is 43.2 Å². The standard InChI is InChI=1S/C32H24N4O6S3/c37-43(38)31-19-25(17-23-1-7-27(8-2-23)44(39,40)35-15-13-33-21-35)5-11-29(31)30-12-6-26(20-32(30)43)18-24-3-9-28(10-4-24)45(41,42)36-16-14-34-22-36/h1-16,19-22H,17-18H2. The topological polar surface area (TPSA) is 138 Å². The van der Waals surface area contributed by atoms with E-state index in [-0.39, 0.29) is 19.6 Å². The average molecular weight is 657 g/mol. The average Bonchev–Trinajstić information content (AvgIpc) is 3.81. The summed E-state index contributed by atoms with van der Waals surface area (Å²) < 4.78 is 80.3. The molecule has 0 saturated carbocycles. The van der Waals surface area contributed by atoms with Crippen molar-refractivity contribution in [2.75, 3.05) is 0 Å². The minimum absolute atomic E-state index is 0.127. The number of fused-ring (bicyclic) bond motifs is 3. The van der Waals surface area contributed by atoms with Crippen molar-refractivity contribution in [1.29, 1.82) is 0 Å². The van der Waals surface area contributed by atoms with Gasteiger partial charge in [-0.25, -0.2) is 43.2 Å². The van der Waals surface area contributed by atoms with Gasteiger partial charge in [0.15, 0.2) is 0 Å². The highest BCUT2D eigenvalue weighted by Gasteiger charge is 2.33. The molecule has 0 unspecified atom stereocenters. The second kappa shape index (κ2) is 10.6. The molecule has 13 heteroatoms. The maximum atomic E-state index is 13.7. The Morgan fingerprint density at radius 3 is 1.27 bits per heavy atom. The third-order valence-corrected chi connectivity index (χ3v) is 12.8. The Morgan fingerprint density at radius 1 is 0.533 bits per heavy atom. The fourth-order valence-corrected chi connectivity index (χ4v) is 9.43. The molecule has 10 nitrogen and oxygen atoms in total. The molecule has 0 saturated heterocycles. The fourth-order valence-electron chi connectivity index (χ4n) is 5.41. The summed E-state index contributed by atoms with van der Waals surface area (Å²) in [5, 5.41) is 0. The third kappa shape index (κ3) is 5.08. The first-order valence-corrected chi connectivity index (χ1v) is 18.1. The Kier molecular flexibility index (Phi) is 6.84. The second-order valence-corrected chi connectivity index (χ2v) is 16.2. The summed E-state index contributed by atoms with van der Waals surface area (Å²) in [4.78, 5) is 8.32. The van der Waals surface area contributed by atoms with Crippen molar-refractivity contribution in [3.05, 3.63) is 145 Å². The van der Waals surface area contributed by atoms with Gasteiger partial charge in [0.2, 0.25) is 9.84 Å². The third-order valence-electron chi connectivity index (χ3n) is 7.74. The summed E-state index contributed by atoms with van der Waals surface area (Å²) in [5.41, 5.74) is 4.49. The quantitative estimate of drug-likeness (QED) is 0.232. The lowest BCUT2D eigenvalue weighted by atomic mass is 9.98. The first kappa shape index (κ1) is 28.9. The van der Waals surface area contributed by atoms with Crippen LogP contribution < -0.4 is 0 Å². The van der Waals surface area contributed by atoms with Crippen molar-refractivity contribution < 1.29 is 25.3 Å². The van der Waals surface area contributed by atoms with Gasteiger partial charge in [0.1, 0.15) is 12.7 Å². The van der Waals surface area contributed by atoms with Crippen LogP contribution in [0.4, 0.5) is 0 Å². The normalized spacial score (nSPS) is 13.8. The van der Waals surface area contributed by atoms with E-state index in [0.29, 0.717) is 24.0 Å². The van der Waals surface area contributed by atoms with Crippen LogP contribution in [0.15, 0.2) is 142 Å². The van der Waals surface area contributed by atoms with Crippen LogP contribution in [0.5, 0.6) is 0 Å². The first-order chi connectivity index (χ1) is 21.5. The summed E-state index contributed by atoms with van der Waals surface area (Å²) in [7, 11) is -11.2. The van der Waals surface area contributed by atoms with E-state index in [4.69, 9.17) is 0 Å². The van der Waals surface area contributed by atoms with Crippen LogP contribution in [0.25, 0.3) is 11.1 Å². The van der Waals surface area contributed by atoms with E-state index in [1.54, 1.807) is 36.4 Å². The van der Waals surface area contributed by atoms with Crippen molar-refractivity contribution in [2.24, 2.45) is 0 Å². The number of aromatic nitrogens is 4. The molecule has 45 heavy (non-hydrogen) atoms. The molecule has 3 heterocycles. The molecule has 226 valence electrons. The van der Waals surface area contributed by atoms with E-state index in [1.165, 1.54) is 61.7 Å². The largest absolute Gasteiger partial charge is 0.268 e. The van der Waals surface area contributed by atoms with Gasteiger partial charge in [-0.15, -0.1) is 0 Å². The Balaban J connectivity index is 1.10. The van der Waals surface area contributed by atoms with Gasteiger partial charge in [0, 0.05) is 35.9 Å². The predicted molar refractivity (Wildman–Crippen MR) is 165 cm³/mol. The van der Waals surface area contributed by atoms with Crippen molar-refractivity contribution >= 4 is 29.9 Å². The Morgan fingerprint density at radius 2 is 0.911 bits per heavy atom. The lowest BCUT2D eigenvalue weighted by molar-refractivity contribution is 0.585. The number of sulfone groups is 1. The highest BCUT2D eigenvalue weighted by Crippen LogP contribution is 2.44. The lowest BCUT2D eigenvalue weighted by Gasteiger charge is -2.08. The number of imidazole rings is 2. The van der Waals surface area contributed by atoms with Crippen LogP contribution in [0.2, 0.25) is 0 Å². The van der Waals surface area contributed by atoms with Crippen LogP contribution in [0.3, 0.4) is 0 Å². The summed E-state index contributed by atoms with van der Waals surface area (Å²) in [6.45, 7) is 0. The number of hydrogen-bond acceptors (Lipinski definition) is 8. The van der Waals surface area contributed by atoms with Gasteiger partial charge in [-0.2, -0.15) is 0 Å². The van der Waals surface area contributed by atoms with Crippen molar-refractivity contribution in [3.8, 4) is 11.1 Å². The van der Waals surface area contributed by atoms with E-state index >= 15 is 0 Å². The molecule has 0 spiro atoms. The molecule has 2 aromatic heterocycles. The monoisotopic (exact) mass is 656 g/mol. The van der Waals surface area contributed by atoms with Gasteiger partial charge in [-0.05, 0) is 71.5 Å². The SMILES string of the molecule is O=S1(=O)c2cc(Cc3ccc(S(=O)(=O)n4ccnc4)cc3)ccc2-c2ccc(Cc3ccc(S(=O)(=O)n4ccnc4)cc3)cc21. The van der Waals surface area contributed by atoms with Crippen molar-refractivity contribution in [3.63, 3.8) is 0 Å². The van der Waals surface area contributed by atoms with Crippen LogP contribution >= 0.6 is 0 Å². The second-order valence-electron chi connectivity index (χ2n) is 10.6. The lowest BCUT2D eigenvalue weighted by Crippen LogP contribution is -2.10. The highest BCUT2D eigenvalue weighted by molar-refractivity contribution is 7.92. The molecular weight excluding hydrogens is 633 g/mol. The molecule has 0 radical (unpaired) electrons. The summed E-state index contributed by atoms with van der Waals surface area (Å²) >= 11 is 0. The molecule has 0 atom stereocenters. The molecule has 4 aromatic carbocycles. The Labute approximate surface area is 260 Å². The molecule has 0 fully saturated rings. The molecule has 0 aliphatic carbocycles. The van der Waals surface area contributed by atoms with Crippen LogP contribution in [0.1, 0.15) is 22.3 Å². The van der Waals surface area contributed by atoms with Gasteiger partial charge in [0.05, 0.1) is 19.6 Å². The van der Waals surface area contributed by atoms with E-state index in [9.17, 15) is 25.3 Å². The smallest absolute Gasteiger partial charge is 0.244 e. The zero-order valence-corrected chi connectivity index (χ0v) is 25.9. The van der Waals surface area contributed by atoms with Gasteiger partial charge in [0.25, 0.3) is 20.0 Å². The van der Waals surface area contributed by atoms with Crippen molar-refractivity contribution in [1.82, 2.24) is 17.9 Å². The Hall–Kier alpha value is -4.85. The maximum absolute atomic E-state index is 13.7. The van der Waals surface area contributed by atoms with Gasteiger partial charge in [-0.1, -0.05) is 48.5 Å². The zero-order chi connectivity index (χ0) is 31.4. The fraction of sp³-hybridized carbons (Fsp3) is 0.0625. The first-order valence-electron chi connectivity index (χ1n) is 13.7. The molecule has 1 aliphatic heterocycles. The van der Waals surface area contributed by atoms with E-state index < -0.39 is 29.9 Å². The number of nitrogens with zero attached hydrogens (tertiary/aromatic N) is 4. The summed E-state index contributed by atoms with van der Waals surface area (Å²) in [6.07, 6.45) is 8.82. The minimum atomic E-state index is -3.77. The number of rotatable bonds is 8. The van der Waals surface area contributed by atoms with E-state index in [0.717, 1.165) is 30.2 Å². The maximum Gasteiger partial charge on any atom is 0.268 e. The van der Waals surface area contributed by atoms with Crippen LogP contribution in [-0.2, 0) is 42.7 Å². The number of hydrogen-bond donors (Lipinski definition) is 0. The van der Waals surface area contributed by atoms with E-state index in [1.807, 2.05) is 24.3 Å². The molecule has 1 aliphatic rings. The van der Waals surface area contributed by atoms with Gasteiger partial charge >= 0.3 is 0 Å². The summed E-state index contributed by atoms with van der Waals surface area (Å²) in [6, 6.07) is 23.7. The van der Waals surface area contributed by atoms with Gasteiger partial charge in [-0.3, -0.25) is 0 Å². The van der Waals surface area contributed by atoms with Gasteiger partial charge < -0.3 is 0 Å². The minimum Gasteiger partial charge on any atom is -0.244 e. The molecule has 6 aromatic rings. The zero-order valence-electron chi connectivity index (χ0n) is 23.4. The molecular formula is C32H24N4O6S3. The predicted octanol–water partition coefficient (Wildman–Crippen LogP) is 4.55. The number of benzene rings is 4. The van der Waals surface area contributed by atoms with E-state index in [2.05, 4.69) is 9.97 Å². The summed E-state index contributed by atoms with van der Waals surface area (Å²) in [5.74, 6) is 0. The molecule has 0 bridgehead atoms. The molecule has 0 N–H and O–H groups in total.